The van der Waals surface area contributed by atoms with Gasteiger partial charge < -0.3 is 16.0 Å². The number of nitrogens with one attached hydrogen (secondary N) is 1. The minimum Gasteiger partial charge on any atom is -0.354 e. The van der Waals surface area contributed by atoms with Crippen LogP contribution in [0.2, 0.25) is 0 Å². The lowest BCUT2D eigenvalue weighted by atomic mass is 9.99. The minimum absolute atomic E-state index is 0.0827. The highest BCUT2D eigenvalue weighted by Crippen LogP contribution is 2.16. The van der Waals surface area contributed by atoms with Gasteiger partial charge in [-0.15, -0.1) is 0 Å². The standard InChI is InChI=1S/C19H31N3O/c1-15-5-7-17(8-6-15)18(20)19(23)21-11-3-4-12-22-13-9-16(2)10-14-22/h5-8,16,18H,3-4,9-14,20H2,1-2H3,(H,21,23). The lowest BCUT2D eigenvalue weighted by Crippen LogP contribution is -2.36. The monoisotopic (exact) mass is 317 g/mol. The SMILES string of the molecule is Cc1ccc(C(N)C(=O)NCCCCN2CCC(C)CC2)cc1. The first-order chi connectivity index (χ1) is 11.1. The maximum atomic E-state index is 12.1. The lowest BCUT2D eigenvalue weighted by molar-refractivity contribution is -0.122. The molecule has 23 heavy (non-hydrogen) atoms. The Morgan fingerprint density at radius 1 is 1.26 bits per heavy atom. The Balaban J connectivity index is 1.60. The van der Waals surface area contributed by atoms with Gasteiger partial charge in [-0.2, -0.15) is 0 Å². The van der Waals surface area contributed by atoms with Crippen LogP contribution in [-0.4, -0.2) is 37.0 Å². The van der Waals surface area contributed by atoms with Gasteiger partial charge >= 0.3 is 0 Å². The summed E-state index contributed by atoms with van der Waals surface area (Å²) < 4.78 is 0. The van der Waals surface area contributed by atoms with Crippen molar-refractivity contribution in [3.8, 4) is 0 Å². The summed E-state index contributed by atoms with van der Waals surface area (Å²) in [6.45, 7) is 8.68. The van der Waals surface area contributed by atoms with E-state index in [9.17, 15) is 4.79 Å². The fourth-order valence-corrected chi connectivity index (χ4v) is 2.99. The van der Waals surface area contributed by atoms with Crippen molar-refractivity contribution in [1.82, 2.24) is 10.2 Å². The van der Waals surface area contributed by atoms with Gasteiger partial charge in [0.05, 0.1) is 0 Å². The van der Waals surface area contributed by atoms with Crippen LogP contribution in [0.1, 0.15) is 49.8 Å². The molecular formula is C19H31N3O. The third kappa shape index (κ3) is 5.96. The van der Waals surface area contributed by atoms with Crippen molar-refractivity contribution in [2.75, 3.05) is 26.2 Å². The number of carbonyl (C=O) groups excluding carboxylic acids is 1. The largest absolute Gasteiger partial charge is 0.354 e. The molecule has 1 saturated heterocycles. The molecule has 2 rings (SSSR count). The number of carbonyl (C=O) groups is 1. The Labute approximate surface area is 140 Å². The molecule has 1 fully saturated rings. The predicted octanol–water partition coefficient (Wildman–Crippen LogP) is 2.62. The summed E-state index contributed by atoms with van der Waals surface area (Å²) in [7, 11) is 0. The van der Waals surface area contributed by atoms with Crippen LogP contribution in [0, 0.1) is 12.8 Å². The molecule has 0 radical (unpaired) electrons. The smallest absolute Gasteiger partial charge is 0.241 e. The van der Waals surface area contributed by atoms with Gasteiger partial charge in [-0.3, -0.25) is 4.79 Å². The maximum Gasteiger partial charge on any atom is 0.241 e. The summed E-state index contributed by atoms with van der Waals surface area (Å²) in [4.78, 5) is 14.6. The molecule has 1 aromatic rings. The molecule has 1 amide bonds. The van der Waals surface area contributed by atoms with E-state index >= 15 is 0 Å². The van der Waals surface area contributed by atoms with Crippen LogP contribution >= 0.6 is 0 Å². The number of amides is 1. The van der Waals surface area contributed by atoms with E-state index in [1.165, 1.54) is 31.5 Å². The van der Waals surface area contributed by atoms with E-state index < -0.39 is 6.04 Å². The molecule has 1 atom stereocenters. The molecule has 0 saturated carbocycles. The summed E-state index contributed by atoms with van der Waals surface area (Å²) >= 11 is 0. The topological polar surface area (TPSA) is 58.4 Å². The van der Waals surface area contributed by atoms with Gasteiger partial charge in [-0.05, 0) is 63.7 Å². The van der Waals surface area contributed by atoms with Crippen molar-refractivity contribution >= 4 is 5.91 Å². The zero-order valence-corrected chi connectivity index (χ0v) is 14.6. The molecule has 0 aromatic heterocycles. The summed E-state index contributed by atoms with van der Waals surface area (Å²) in [6.07, 6.45) is 4.79. The van der Waals surface area contributed by atoms with Crippen LogP contribution in [0.5, 0.6) is 0 Å². The average Bonchev–Trinajstić information content (AvgIpc) is 2.56. The number of likely N-dealkylation sites (tertiary alicyclic amines) is 1. The van der Waals surface area contributed by atoms with Gasteiger partial charge in [0.25, 0.3) is 0 Å². The number of nitrogens with zero attached hydrogens (tertiary/aromatic N) is 1. The molecule has 3 N–H and O–H groups in total. The second-order valence-corrected chi connectivity index (χ2v) is 6.91. The van der Waals surface area contributed by atoms with Gasteiger partial charge in [-0.1, -0.05) is 36.8 Å². The van der Waals surface area contributed by atoms with E-state index in [0.29, 0.717) is 6.54 Å². The highest BCUT2D eigenvalue weighted by Gasteiger charge is 2.16. The number of unbranched alkanes of at least 4 members (excludes halogenated alkanes) is 1. The van der Waals surface area contributed by atoms with Crippen molar-refractivity contribution < 1.29 is 4.79 Å². The van der Waals surface area contributed by atoms with Crippen molar-refractivity contribution in [1.29, 1.82) is 0 Å². The number of piperidine rings is 1. The summed E-state index contributed by atoms with van der Waals surface area (Å²) in [5, 5.41) is 2.96. The Morgan fingerprint density at radius 2 is 1.91 bits per heavy atom. The number of nitrogens with two attached hydrogens (primary N) is 1. The van der Waals surface area contributed by atoms with Crippen molar-refractivity contribution in [2.24, 2.45) is 11.7 Å². The van der Waals surface area contributed by atoms with Crippen LogP contribution in [0.4, 0.5) is 0 Å². The number of hydrogen-bond acceptors (Lipinski definition) is 3. The van der Waals surface area contributed by atoms with Crippen LogP contribution in [0.15, 0.2) is 24.3 Å². The van der Waals surface area contributed by atoms with Crippen molar-refractivity contribution in [3.63, 3.8) is 0 Å². The molecule has 0 aliphatic carbocycles. The molecule has 1 aromatic carbocycles. The van der Waals surface area contributed by atoms with Crippen LogP contribution in [-0.2, 0) is 4.79 Å². The second kappa shape index (κ2) is 9.04. The number of rotatable bonds is 7. The Bertz CT molecular complexity index is 478. The average molecular weight is 317 g/mol. The second-order valence-electron chi connectivity index (χ2n) is 6.91. The van der Waals surface area contributed by atoms with Gasteiger partial charge in [0, 0.05) is 6.54 Å². The summed E-state index contributed by atoms with van der Waals surface area (Å²) in [5.41, 5.74) is 8.06. The van der Waals surface area contributed by atoms with Gasteiger partial charge in [0.1, 0.15) is 6.04 Å². The van der Waals surface area contributed by atoms with Gasteiger partial charge in [0.2, 0.25) is 5.91 Å². The Hall–Kier alpha value is -1.39. The van der Waals surface area contributed by atoms with E-state index in [0.717, 1.165) is 30.9 Å². The first-order valence-corrected chi connectivity index (χ1v) is 8.88. The molecule has 4 heteroatoms. The van der Waals surface area contributed by atoms with E-state index in [4.69, 9.17) is 5.73 Å². The van der Waals surface area contributed by atoms with E-state index in [1.54, 1.807) is 0 Å². The zero-order valence-electron chi connectivity index (χ0n) is 14.6. The zero-order chi connectivity index (χ0) is 16.7. The van der Waals surface area contributed by atoms with E-state index in [-0.39, 0.29) is 5.91 Å². The van der Waals surface area contributed by atoms with E-state index in [1.807, 2.05) is 31.2 Å². The quantitative estimate of drug-likeness (QED) is 0.760. The Kier molecular flexibility index (Phi) is 7.06. The van der Waals surface area contributed by atoms with Gasteiger partial charge in [-0.25, -0.2) is 0 Å². The fourth-order valence-electron chi connectivity index (χ4n) is 2.99. The van der Waals surface area contributed by atoms with Crippen LogP contribution in [0.25, 0.3) is 0 Å². The number of hydrogen-bond donors (Lipinski definition) is 2. The molecule has 1 heterocycles. The molecule has 128 valence electrons. The van der Waals surface area contributed by atoms with Crippen molar-refractivity contribution in [3.05, 3.63) is 35.4 Å². The van der Waals surface area contributed by atoms with Crippen molar-refractivity contribution in [2.45, 2.75) is 45.6 Å². The Morgan fingerprint density at radius 3 is 2.57 bits per heavy atom. The highest BCUT2D eigenvalue weighted by atomic mass is 16.2. The summed E-state index contributed by atoms with van der Waals surface area (Å²) in [6, 6.07) is 7.26. The number of aryl methyl sites for hydroxylation is 1. The molecule has 1 aliphatic rings. The highest BCUT2D eigenvalue weighted by molar-refractivity contribution is 5.82. The molecule has 0 bridgehead atoms. The first kappa shape index (κ1) is 18.0. The van der Waals surface area contributed by atoms with Crippen LogP contribution in [0.3, 0.4) is 0 Å². The van der Waals surface area contributed by atoms with Gasteiger partial charge in [0.15, 0.2) is 0 Å². The normalized spacial score (nSPS) is 17.9. The summed E-state index contributed by atoms with van der Waals surface area (Å²) in [5.74, 6) is 0.800. The molecule has 1 aliphatic heterocycles. The lowest BCUT2D eigenvalue weighted by Gasteiger charge is -2.30. The van der Waals surface area contributed by atoms with Crippen LogP contribution < -0.4 is 11.1 Å². The predicted molar refractivity (Wildman–Crippen MR) is 95.2 cm³/mol. The first-order valence-electron chi connectivity index (χ1n) is 8.88. The molecular weight excluding hydrogens is 286 g/mol. The third-order valence-electron chi connectivity index (χ3n) is 4.80. The molecule has 4 nitrogen and oxygen atoms in total. The molecule has 0 spiro atoms. The van der Waals surface area contributed by atoms with E-state index in [2.05, 4.69) is 17.1 Å². The fraction of sp³-hybridized carbons (Fsp3) is 0.632. The third-order valence-corrected chi connectivity index (χ3v) is 4.80. The maximum absolute atomic E-state index is 12.1. The minimum atomic E-state index is -0.570. The molecule has 1 unspecified atom stereocenters. The number of benzene rings is 1.